The molecule has 0 bridgehead atoms. The van der Waals surface area contributed by atoms with Crippen molar-refractivity contribution in [2.75, 3.05) is 4.90 Å². The average Bonchev–Trinajstić information content (AvgIpc) is 1.55. The first-order chi connectivity index (χ1) is 61.9. The number of para-hydroxylation sites is 1. The fraction of sp³-hybridized carbons (Fsp3) is 0.0614. The van der Waals surface area contributed by atoms with Crippen molar-refractivity contribution in [1.82, 2.24) is 19.5 Å². The molecule has 0 fully saturated rings. The third-order valence-corrected chi connectivity index (χ3v) is 36.5. The Morgan fingerprint density at radius 2 is 0.692 bits per heavy atom. The van der Waals surface area contributed by atoms with Crippen molar-refractivity contribution in [3.05, 3.63) is 457 Å². The zero-order valence-electron chi connectivity index (χ0n) is 71.8. The molecule has 0 saturated heterocycles. The Labute approximate surface area is 807 Å². The molecule has 6 aromatic heterocycles. The summed E-state index contributed by atoms with van der Waals surface area (Å²) in [6.07, 6.45) is 5.66. The molecule has 22 rings (SSSR count). The van der Waals surface area contributed by atoms with Crippen molar-refractivity contribution in [3.63, 3.8) is 0 Å². The predicted molar refractivity (Wildman–Crippen MR) is 538 cm³/mol. The molecular weight excluding hydrogens is 2220 g/mol. The van der Waals surface area contributed by atoms with Gasteiger partial charge in [-0.25, -0.2) is 0 Å². The van der Waals surface area contributed by atoms with Gasteiger partial charge in [0.25, 0.3) is 0 Å². The van der Waals surface area contributed by atoms with Crippen LogP contribution in [0.4, 0.5) is 17.1 Å². The molecular formula is C114H85Ir3N5O3P3S2-3. The minimum atomic E-state index is -3.28. The summed E-state index contributed by atoms with van der Waals surface area (Å²) < 4.78 is 49.8. The van der Waals surface area contributed by atoms with Crippen molar-refractivity contribution in [3.8, 4) is 50.6 Å². The minimum Gasteiger partial charge on any atom is -0.310 e. The number of anilines is 3. The van der Waals surface area contributed by atoms with Crippen LogP contribution in [0.25, 0.3) is 105 Å². The number of nitrogens with zero attached hydrogens (tertiary/aromatic N) is 5. The summed E-state index contributed by atoms with van der Waals surface area (Å²) in [5.74, 6) is 0. The number of hydrogen-bond acceptors (Lipinski definition) is 9. The predicted octanol–water partition coefficient (Wildman–Crippen LogP) is 26.2. The van der Waals surface area contributed by atoms with Crippen LogP contribution in [0.5, 0.6) is 0 Å². The van der Waals surface area contributed by atoms with Crippen LogP contribution in [0.2, 0.25) is 0 Å². The Morgan fingerprint density at radius 3 is 1.13 bits per heavy atom. The zero-order chi connectivity index (χ0) is 86.5. The van der Waals surface area contributed by atoms with Gasteiger partial charge in [0.05, 0.1) is 20.3 Å². The van der Waals surface area contributed by atoms with Gasteiger partial charge in [-0.2, -0.15) is 0 Å². The van der Waals surface area contributed by atoms with Crippen LogP contribution in [0.3, 0.4) is 0 Å². The van der Waals surface area contributed by atoms with Gasteiger partial charge in [0.2, 0.25) is 0 Å². The second-order valence-corrected chi connectivity index (χ2v) is 43.8. The number of rotatable bonds is 16. The van der Waals surface area contributed by atoms with E-state index in [1.807, 2.05) is 223 Å². The normalized spacial score (nSPS) is 12.8. The van der Waals surface area contributed by atoms with Crippen molar-refractivity contribution >= 4 is 162 Å². The standard InChI is InChI=1S/C48H34N2OP.C43H36N2OP.C23H15NOPS2.3Ir/c1-48(2)43-21-10-8-19-39(43)41-29-42-40-20-9-11-22-46(40)50(47(42)30-44(41)48)35-23-25-37(26-24-35)52(51,36-16-4-3-5-17-36)38-18-12-15-33(27-38)45-28-32-13-6-7-14-34(32)31-49-45;1-30-21-31(2)24-38(23-30)45(39-25-32(3)22-33(4)26-39)37-17-19-41(20-18-37)47(46,40-14-6-5-7-15-40)42-16-10-13-35(27-42)43-28-34-11-8-9-12-36(34)29-44-43;25-26(22-10-4-12-27-22,23-11-5-13-28-23)20-9-3-8-18(14-20)21-15-17-6-1-2-7-19(17)16-24-21;;;/h3-14,16-31H,1-2H3;5-12,14-29H,1-4H3;1-7,9-16H;;;/q3*-1;;;. The van der Waals surface area contributed by atoms with Crippen molar-refractivity contribution in [1.29, 1.82) is 0 Å². The number of hydrogen-bond donors (Lipinski definition) is 0. The maximum absolute atomic E-state index is 15.7. The molecule has 3 radical (unpaired) electrons. The van der Waals surface area contributed by atoms with E-state index in [0.717, 1.165) is 141 Å². The van der Waals surface area contributed by atoms with E-state index in [1.54, 1.807) is 22.7 Å². The molecule has 16 heteroatoms. The zero-order valence-corrected chi connectivity index (χ0v) is 83.3. The molecule has 1 aliphatic carbocycles. The Morgan fingerprint density at radius 1 is 0.308 bits per heavy atom. The number of aryl methyl sites for hydroxylation is 4. The van der Waals surface area contributed by atoms with Crippen LogP contribution in [-0.2, 0) is 79.4 Å². The van der Waals surface area contributed by atoms with E-state index in [9.17, 15) is 4.57 Å². The summed E-state index contributed by atoms with van der Waals surface area (Å²) in [6, 6.07) is 138. The third-order valence-electron chi connectivity index (χ3n) is 24.3. The summed E-state index contributed by atoms with van der Waals surface area (Å²) in [6.45, 7) is 13.2. The van der Waals surface area contributed by atoms with E-state index in [2.05, 4.69) is 256 Å². The van der Waals surface area contributed by atoms with Crippen molar-refractivity contribution in [2.24, 2.45) is 0 Å². The minimum absolute atomic E-state index is 0. The second kappa shape index (κ2) is 37.9. The molecule has 0 spiro atoms. The number of benzene rings is 15. The van der Waals surface area contributed by atoms with Gasteiger partial charge in [-0.1, -0.05) is 248 Å². The van der Waals surface area contributed by atoms with Crippen LogP contribution >= 0.6 is 44.1 Å². The molecule has 2 unspecified atom stereocenters. The van der Waals surface area contributed by atoms with Gasteiger partial charge < -0.3 is 38.1 Å². The van der Waals surface area contributed by atoms with Gasteiger partial charge in [0.1, 0.15) is 0 Å². The average molecular weight is 2310 g/mol. The smallest absolute Gasteiger partial charge is 0.172 e. The quantitative estimate of drug-likeness (QED) is 0.0702. The molecule has 2 atom stereocenters. The summed E-state index contributed by atoms with van der Waals surface area (Å²) in [4.78, 5) is 16.4. The van der Waals surface area contributed by atoms with E-state index in [-0.39, 0.29) is 65.7 Å². The monoisotopic (exact) mass is 2310 g/mol. The molecule has 6 heterocycles. The number of thiophene rings is 2. The first-order valence-electron chi connectivity index (χ1n) is 42.4. The fourth-order valence-electron chi connectivity index (χ4n) is 18.2. The Balaban J connectivity index is 0.000000141. The van der Waals surface area contributed by atoms with Gasteiger partial charge in [-0.15, -0.1) is 112 Å². The maximum atomic E-state index is 15.7. The Hall–Kier alpha value is -11.8. The second-order valence-electron chi connectivity index (χ2n) is 33.0. The molecule has 8 nitrogen and oxygen atoms in total. The first kappa shape index (κ1) is 90.1. The number of fused-ring (bicyclic) bond motifs is 9. The first-order valence-corrected chi connectivity index (χ1v) is 49.3. The topological polar surface area (TPSA) is 98.0 Å². The Kier molecular flexibility index (Phi) is 26.3. The molecule has 641 valence electrons. The SMILES string of the molecule is CC1(C)c2ccccc2-c2cc3c4ccccc4n(-c4ccc(P(=O)(c5ccccc5)c5cc[c-]c(-c6cc7ccccc7cn6)c5)cc4)c3cc21.Cc1cc(C)cc(N(c2ccc(P(=O)(c3ccccc3)c3cc[c-]c(-c4cc5ccccc5cn4)c3)cc2)c2cc(C)cc(C)c2)c1.O=P(c1cc[c-]c(-c2cc3ccccc3cn2)c1)(c1cccs1)c1cccs1.[Ir].[Ir].[Ir]. The molecule has 1 aliphatic rings. The maximum Gasteiger partial charge on any atom is 0.172 e. The van der Waals surface area contributed by atoms with Crippen LogP contribution in [0.15, 0.2) is 405 Å². The van der Waals surface area contributed by atoms with E-state index in [1.165, 1.54) is 60.8 Å². The summed E-state index contributed by atoms with van der Waals surface area (Å²) in [7, 11) is -9.43. The number of aromatic nitrogens is 4. The number of pyridine rings is 3. The van der Waals surface area contributed by atoms with Gasteiger partial charge in [-0.3, -0.25) is 0 Å². The van der Waals surface area contributed by atoms with Gasteiger partial charge in [-0.05, 0) is 235 Å². The van der Waals surface area contributed by atoms with Crippen LogP contribution in [-0.4, -0.2) is 19.5 Å². The summed E-state index contributed by atoms with van der Waals surface area (Å²) in [5, 5.41) is 18.5. The molecule has 0 N–H and O–H groups in total. The van der Waals surface area contributed by atoms with E-state index in [0.29, 0.717) is 0 Å². The third kappa shape index (κ3) is 17.1. The fourth-order valence-corrected chi connectivity index (χ4v) is 29.3. The largest absolute Gasteiger partial charge is 0.310 e. The summed E-state index contributed by atoms with van der Waals surface area (Å²) >= 11 is 3.09. The molecule has 0 saturated carbocycles. The molecule has 0 aliphatic heterocycles. The van der Waals surface area contributed by atoms with Crippen molar-refractivity contribution < 1.29 is 74.0 Å². The van der Waals surface area contributed by atoms with Gasteiger partial charge in [0.15, 0.2) is 21.4 Å². The van der Waals surface area contributed by atoms with E-state index in [4.69, 9.17) is 9.97 Å². The molecule has 21 aromatic rings. The molecule has 0 amide bonds. The van der Waals surface area contributed by atoms with E-state index >= 15 is 9.13 Å². The van der Waals surface area contributed by atoms with Crippen molar-refractivity contribution in [2.45, 2.75) is 47.0 Å². The molecule has 130 heavy (non-hydrogen) atoms. The van der Waals surface area contributed by atoms with Crippen LogP contribution in [0, 0.1) is 45.9 Å². The molecule has 15 aromatic carbocycles. The Bertz CT molecular complexity index is 7800. The van der Waals surface area contributed by atoms with Crippen LogP contribution in [0.1, 0.15) is 47.2 Å². The van der Waals surface area contributed by atoms with E-state index < -0.39 is 21.4 Å². The van der Waals surface area contributed by atoms with Crippen LogP contribution < -0.4 is 51.3 Å². The summed E-state index contributed by atoms with van der Waals surface area (Å²) in [5.41, 5.74) is 21.5. The van der Waals surface area contributed by atoms with Gasteiger partial charge in [0, 0.05) is 139 Å². The van der Waals surface area contributed by atoms with Gasteiger partial charge >= 0.3 is 0 Å².